The van der Waals surface area contributed by atoms with Crippen LogP contribution in [0.15, 0.2) is 29.4 Å². The summed E-state index contributed by atoms with van der Waals surface area (Å²) >= 11 is 4.31. The van der Waals surface area contributed by atoms with Crippen molar-refractivity contribution < 1.29 is 19.1 Å². The number of carbonyl (C=O) groups excluding carboxylic acids is 1. The van der Waals surface area contributed by atoms with Gasteiger partial charge in [0, 0.05) is 24.4 Å². The Morgan fingerprint density at radius 3 is 2.50 bits per heavy atom. The molecular weight excluding hydrogens is 352 g/mol. The first-order chi connectivity index (χ1) is 12.5. The first kappa shape index (κ1) is 20.7. The van der Waals surface area contributed by atoms with Crippen molar-refractivity contribution in [3.05, 3.63) is 35.4 Å². The molecule has 0 radical (unpaired) electrons. The Labute approximate surface area is 160 Å². The average molecular weight is 381 g/mol. The van der Waals surface area contributed by atoms with Crippen molar-refractivity contribution in [2.45, 2.75) is 32.1 Å². The lowest BCUT2D eigenvalue weighted by Crippen LogP contribution is -2.54. The minimum absolute atomic E-state index is 0.203. The molecule has 0 N–H and O–H groups in total. The number of ether oxygens (including phenoxy) is 2. The van der Waals surface area contributed by atoms with Gasteiger partial charge in [-0.25, -0.2) is 4.79 Å². The minimum Gasteiger partial charge on any atom is -0.463 e. The number of morpholine rings is 1. The quantitative estimate of drug-likeness (QED) is 0.325. The van der Waals surface area contributed by atoms with E-state index in [2.05, 4.69) is 36.5 Å². The fourth-order valence-electron chi connectivity index (χ4n) is 2.91. The highest BCUT2D eigenvalue weighted by atomic mass is 32.1. The molecule has 26 heavy (non-hydrogen) atoms. The molecule has 0 unspecified atom stereocenters. The van der Waals surface area contributed by atoms with Gasteiger partial charge in [-0.15, -0.1) is 0 Å². The SMILES string of the molecule is CCOC(=O)CO/N=C(/c1ccc(CS)cc1)C(C)(C)N1CCOCC1. The normalized spacial score (nSPS) is 16.4. The second kappa shape index (κ2) is 9.94. The van der Waals surface area contributed by atoms with E-state index >= 15 is 0 Å². The van der Waals surface area contributed by atoms with E-state index in [-0.39, 0.29) is 12.1 Å². The first-order valence-electron chi connectivity index (χ1n) is 8.88. The van der Waals surface area contributed by atoms with Crippen LogP contribution in [0.25, 0.3) is 0 Å². The summed E-state index contributed by atoms with van der Waals surface area (Å²) in [6.45, 7) is 9.12. The summed E-state index contributed by atoms with van der Waals surface area (Å²) in [4.78, 5) is 19.2. The Hall–Kier alpha value is -1.57. The summed E-state index contributed by atoms with van der Waals surface area (Å²) in [5, 5.41) is 4.33. The van der Waals surface area contributed by atoms with Gasteiger partial charge in [0.05, 0.1) is 25.4 Å². The van der Waals surface area contributed by atoms with Crippen LogP contribution in [-0.4, -0.2) is 61.6 Å². The van der Waals surface area contributed by atoms with Crippen LogP contribution in [-0.2, 0) is 24.9 Å². The Kier molecular flexibility index (Phi) is 7.93. The maximum absolute atomic E-state index is 11.5. The third kappa shape index (κ3) is 5.46. The van der Waals surface area contributed by atoms with Crippen LogP contribution in [0.3, 0.4) is 0 Å². The van der Waals surface area contributed by atoms with Crippen molar-refractivity contribution in [1.82, 2.24) is 4.90 Å². The number of nitrogens with zero attached hydrogens (tertiary/aromatic N) is 2. The van der Waals surface area contributed by atoms with Gasteiger partial charge in [0.15, 0.2) is 0 Å². The Morgan fingerprint density at radius 2 is 1.92 bits per heavy atom. The summed E-state index contributed by atoms with van der Waals surface area (Å²) < 4.78 is 10.4. The lowest BCUT2D eigenvalue weighted by molar-refractivity contribution is -0.148. The fraction of sp³-hybridized carbons (Fsp3) is 0.579. The molecule has 0 amide bonds. The van der Waals surface area contributed by atoms with Gasteiger partial charge in [-0.1, -0.05) is 29.4 Å². The third-order valence-corrected chi connectivity index (χ3v) is 4.80. The molecule has 1 fully saturated rings. The average Bonchev–Trinajstić information content (AvgIpc) is 2.66. The van der Waals surface area contributed by atoms with E-state index in [1.807, 2.05) is 24.3 Å². The molecule has 144 valence electrons. The van der Waals surface area contributed by atoms with E-state index in [1.54, 1.807) is 6.92 Å². The van der Waals surface area contributed by atoms with Crippen LogP contribution in [0.2, 0.25) is 0 Å². The summed E-state index contributed by atoms with van der Waals surface area (Å²) in [5.74, 6) is 0.254. The molecule has 0 aromatic heterocycles. The number of carbonyl (C=O) groups is 1. The van der Waals surface area contributed by atoms with Crippen LogP contribution in [0.1, 0.15) is 31.9 Å². The van der Waals surface area contributed by atoms with Crippen molar-refractivity contribution in [3.8, 4) is 0 Å². The molecule has 0 spiro atoms. The predicted molar refractivity (Wildman–Crippen MR) is 105 cm³/mol. The summed E-state index contributed by atoms with van der Waals surface area (Å²) in [6, 6.07) is 8.08. The van der Waals surface area contributed by atoms with Crippen LogP contribution < -0.4 is 0 Å². The summed E-state index contributed by atoms with van der Waals surface area (Å²) in [5.41, 5.74) is 2.49. The first-order valence-corrected chi connectivity index (χ1v) is 9.51. The predicted octanol–water partition coefficient (Wildman–Crippen LogP) is 2.51. The van der Waals surface area contributed by atoms with E-state index in [9.17, 15) is 4.79 Å². The van der Waals surface area contributed by atoms with E-state index in [4.69, 9.17) is 14.3 Å². The van der Waals surface area contributed by atoms with Gasteiger partial charge in [0.1, 0.15) is 5.71 Å². The van der Waals surface area contributed by atoms with Gasteiger partial charge in [-0.3, -0.25) is 4.90 Å². The van der Waals surface area contributed by atoms with Crippen LogP contribution in [0.5, 0.6) is 0 Å². The molecule has 6 nitrogen and oxygen atoms in total. The third-order valence-electron chi connectivity index (χ3n) is 4.43. The Bertz CT molecular complexity index is 610. The topological polar surface area (TPSA) is 60.4 Å². The standard InChI is InChI=1S/C19H28N2O4S/c1-4-24-17(22)13-25-20-18(16-7-5-15(14-26)6-8-16)19(2,3)21-9-11-23-12-10-21/h5-8,26H,4,9-14H2,1-3H3/b20-18-. The zero-order valence-corrected chi connectivity index (χ0v) is 16.6. The molecule has 1 aromatic rings. The van der Waals surface area contributed by atoms with E-state index in [1.165, 1.54) is 0 Å². The molecule has 1 saturated heterocycles. The van der Waals surface area contributed by atoms with Gasteiger partial charge < -0.3 is 14.3 Å². The molecule has 2 rings (SSSR count). The van der Waals surface area contributed by atoms with Crippen molar-refractivity contribution in [2.24, 2.45) is 5.16 Å². The number of esters is 1. The number of thiol groups is 1. The maximum Gasteiger partial charge on any atom is 0.347 e. The maximum atomic E-state index is 11.5. The van der Waals surface area contributed by atoms with Gasteiger partial charge in [-0.2, -0.15) is 12.6 Å². The molecule has 1 heterocycles. The highest BCUT2D eigenvalue weighted by Gasteiger charge is 2.35. The lowest BCUT2D eigenvalue weighted by atomic mass is 9.89. The largest absolute Gasteiger partial charge is 0.463 e. The monoisotopic (exact) mass is 380 g/mol. The molecule has 1 aromatic carbocycles. The van der Waals surface area contributed by atoms with Crippen LogP contribution in [0, 0.1) is 0 Å². The van der Waals surface area contributed by atoms with E-state index < -0.39 is 5.97 Å². The molecule has 1 aliphatic rings. The van der Waals surface area contributed by atoms with Crippen molar-refractivity contribution in [3.63, 3.8) is 0 Å². The van der Waals surface area contributed by atoms with Crippen molar-refractivity contribution in [2.75, 3.05) is 39.5 Å². The Balaban J connectivity index is 2.25. The number of rotatable bonds is 8. The summed E-state index contributed by atoms with van der Waals surface area (Å²) in [6.07, 6.45) is 0. The molecule has 7 heteroatoms. The zero-order valence-electron chi connectivity index (χ0n) is 15.7. The molecule has 0 bridgehead atoms. The number of oxime groups is 1. The minimum atomic E-state index is -0.426. The second-order valence-electron chi connectivity index (χ2n) is 6.53. The van der Waals surface area contributed by atoms with E-state index in [0.29, 0.717) is 25.6 Å². The van der Waals surface area contributed by atoms with Gasteiger partial charge in [0.25, 0.3) is 0 Å². The van der Waals surface area contributed by atoms with Crippen molar-refractivity contribution >= 4 is 24.3 Å². The molecule has 0 saturated carbocycles. The van der Waals surface area contributed by atoms with Crippen LogP contribution >= 0.6 is 12.6 Å². The van der Waals surface area contributed by atoms with Gasteiger partial charge in [0.2, 0.25) is 6.61 Å². The highest BCUT2D eigenvalue weighted by molar-refractivity contribution is 7.79. The van der Waals surface area contributed by atoms with Gasteiger partial charge in [-0.05, 0) is 26.3 Å². The smallest absolute Gasteiger partial charge is 0.347 e. The van der Waals surface area contributed by atoms with Gasteiger partial charge >= 0.3 is 5.97 Å². The number of benzene rings is 1. The number of hydrogen-bond donors (Lipinski definition) is 1. The number of hydrogen-bond acceptors (Lipinski definition) is 7. The van der Waals surface area contributed by atoms with Crippen LogP contribution in [0.4, 0.5) is 0 Å². The molecular formula is C19H28N2O4S. The zero-order chi connectivity index (χ0) is 19.0. The molecule has 0 aliphatic carbocycles. The molecule has 0 atom stereocenters. The highest BCUT2D eigenvalue weighted by Crippen LogP contribution is 2.23. The second-order valence-corrected chi connectivity index (χ2v) is 6.85. The molecule has 1 aliphatic heterocycles. The lowest BCUT2D eigenvalue weighted by Gasteiger charge is -2.41. The summed E-state index contributed by atoms with van der Waals surface area (Å²) in [7, 11) is 0. The van der Waals surface area contributed by atoms with E-state index in [0.717, 1.165) is 29.9 Å². The van der Waals surface area contributed by atoms with Crippen molar-refractivity contribution in [1.29, 1.82) is 0 Å². The fourth-order valence-corrected chi connectivity index (χ4v) is 3.12. The Morgan fingerprint density at radius 1 is 1.27 bits per heavy atom.